The molecule has 0 bridgehead atoms. The van der Waals surface area contributed by atoms with Crippen LogP contribution in [0.3, 0.4) is 0 Å². The van der Waals surface area contributed by atoms with Crippen molar-refractivity contribution < 1.29 is 14.6 Å². The van der Waals surface area contributed by atoms with Gasteiger partial charge in [-0.3, -0.25) is 9.69 Å². The number of carboxylic acid groups (broad SMARTS) is 1. The molecule has 1 unspecified atom stereocenters. The fourth-order valence-corrected chi connectivity index (χ4v) is 4.43. The molecule has 1 aliphatic heterocycles. The lowest BCUT2D eigenvalue weighted by Crippen LogP contribution is -2.26. The number of halogens is 1. The summed E-state index contributed by atoms with van der Waals surface area (Å²) in [7, 11) is 1.84. The van der Waals surface area contributed by atoms with Crippen molar-refractivity contribution in [2.45, 2.75) is 32.5 Å². The zero-order valence-corrected chi connectivity index (χ0v) is 19.2. The highest BCUT2D eigenvalue weighted by Crippen LogP contribution is 2.42. The molecule has 166 valence electrons. The maximum absolute atomic E-state index is 10.9. The second-order valence-electron chi connectivity index (χ2n) is 8.54. The Morgan fingerprint density at radius 1 is 1.06 bits per heavy atom. The van der Waals surface area contributed by atoms with Crippen molar-refractivity contribution in [2.24, 2.45) is 0 Å². The number of likely N-dealkylation sites (N-methyl/N-ethyl adjacent to an activating group) is 1. The van der Waals surface area contributed by atoms with E-state index in [0.29, 0.717) is 6.61 Å². The normalized spacial score (nSPS) is 15.2. The number of hydrogen-bond acceptors (Lipinski definition) is 3. The molecule has 0 fully saturated rings. The molecule has 1 atom stereocenters. The highest BCUT2D eigenvalue weighted by Gasteiger charge is 2.25. The Balaban J connectivity index is 1.64. The molecule has 0 saturated carbocycles. The first-order valence-electron chi connectivity index (χ1n) is 10.9. The summed E-state index contributed by atoms with van der Waals surface area (Å²) in [6.45, 7) is 3.49. The van der Waals surface area contributed by atoms with Gasteiger partial charge < -0.3 is 9.84 Å². The van der Waals surface area contributed by atoms with Gasteiger partial charge in [0, 0.05) is 5.02 Å². The third-order valence-electron chi connectivity index (χ3n) is 6.00. The molecule has 1 N–H and O–H groups in total. The van der Waals surface area contributed by atoms with Gasteiger partial charge >= 0.3 is 5.97 Å². The van der Waals surface area contributed by atoms with Crippen molar-refractivity contribution in [1.82, 2.24) is 4.90 Å². The second-order valence-corrected chi connectivity index (χ2v) is 8.98. The van der Waals surface area contributed by atoms with Gasteiger partial charge in [-0.2, -0.15) is 0 Å². The van der Waals surface area contributed by atoms with E-state index in [1.165, 1.54) is 33.4 Å². The van der Waals surface area contributed by atoms with Gasteiger partial charge in [0.15, 0.2) is 0 Å². The first-order chi connectivity index (χ1) is 15.4. The minimum Gasteiger partial charge on any atom is -0.480 e. The zero-order valence-electron chi connectivity index (χ0n) is 18.5. The van der Waals surface area contributed by atoms with E-state index in [9.17, 15) is 4.79 Å². The number of aliphatic carboxylic acids is 1. The molecule has 0 aliphatic carbocycles. The summed E-state index contributed by atoms with van der Waals surface area (Å²) in [5, 5.41) is 9.66. The standard InChI is InChI=1S/C27H28ClNO3/c1-18-5-7-19(8-6-18)23-14-21-17-32-26(4-3-13-29(2)16-27(30)31)25(21)15-24(23)20-9-11-22(28)12-10-20/h5-12,14-15,26H,3-4,13,16-17H2,1-2H3,(H,30,31). The van der Waals surface area contributed by atoms with Gasteiger partial charge in [0.2, 0.25) is 0 Å². The molecular weight excluding hydrogens is 422 g/mol. The number of carbonyl (C=O) groups is 1. The van der Waals surface area contributed by atoms with E-state index in [1.807, 2.05) is 24.1 Å². The maximum atomic E-state index is 10.9. The fourth-order valence-electron chi connectivity index (χ4n) is 4.30. The number of ether oxygens (including phenoxy) is 1. The largest absolute Gasteiger partial charge is 0.480 e. The zero-order chi connectivity index (χ0) is 22.7. The average Bonchev–Trinajstić information content (AvgIpc) is 3.15. The van der Waals surface area contributed by atoms with Gasteiger partial charge in [0.1, 0.15) is 0 Å². The first kappa shape index (κ1) is 22.5. The second kappa shape index (κ2) is 9.86. The van der Waals surface area contributed by atoms with Crippen LogP contribution >= 0.6 is 11.6 Å². The van der Waals surface area contributed by atoms with Gasteiger partial charge in [0.05, 0.1) is 19.3 Å². The lowest BCUT2D eigenvalue weighted by molar-refractivity contribution is -0.138. The highest BCUT2D eigenvalue weighted by atomic mass is 35.5. The van der Waals surface area contributed by atoms with Gasteiger partial charge in [-0.25, -0.2) is 0 Å². The van der Waals surface area contributed by atoms with Crippen LogP contribution in [-0.4, -0.2) is 36.1 Å². The van der Waals surface area contributed by atoms with Crippen molar-refractivity contribution in [3.63, 3.8) is 0 Å². The third kappa shape index (κ3) is 5.21. The van der Waals surface area contributed by atoms with E-state index in [1.54, 1.807) is 0 Å². The Hall–Kier alpha value is -2.66. The number of benzene rings is 3. The molecule has 0 spiro atoms. The number of carboxylic acids is 1. The van der Waals surface area contributed by atoms with Gasteiger partial charge in [-0.15, -0.1) is 0 Å². The Kier molecular flexibility index (Phi) is 6.95. The molecular formula is C27H28ClNO3. The van der Waals surface area contributed by atoms with E-state index in [4.69, 9.17) is 21.4 Å². The molecule has 4 rings (SSSR count). The number of rotatable bonds is 8. The summed E-state index contributed by atoms with van der Waals surface area (Å²) in [4.78, 5) is 12.7. The van der Waals surface area contributed by atoms with Crippen LogP contribution in [0.15, 0.2) is 60.7 Å². The van der Waals surface area contributed by atoms with Crippen molar-refractivity contribution in [1.29, 1.82) is 0 Å². The van der Waals surface area contributed by atoms with E-state index >= 15 is 0 Å². The van der Waals surface area contributed by atoms with E-state index in [-0.39, 0.29) is 12.6 Å². The molecule has 3 aromatic carbocycles. The topological polar surface area (TPSA) is 49.8 Å². The van der Waals surface area contributed by atoms with Crippen molar-refractivity contribution >= 4 is 17.6 Å². The minimum atomic E-state index is -0.800. The van der Waals surface area contributed by atoms with Crippen molar-refractivity contribution in [3.8, 4) is 22.3 Å². The summed E-state index contributed by atoms with van der Waals surface area (Å²) in [6.07, 6.45) is 1.77. The summed E-state index contributed by atoms with van der Waals surface area (Å²) < 4.78 is 6.15. The van der Waals surface area contributed by atoms with E-state index in [2.05, 4.69) is 55.5 Å². The van der Waals surface area contributed by atoms with Crippen LogP contribution < -0.4 is 0 Å². The summed E-state index contributed by atoms with van der Waals surface area (Å²) >= 11 is 6.14. The minimum absolute atomic E-state index is 0.0290. The van der Waals surface area contributed by atoms with E-state index < -0.39 is 5.97 Å². The Morgan fingerprint density at radius 3 is 2.34 bits per heavy atom. The van der Waals surface area contributed by atoms with Crippen LogP contribution in [0, 0.1) is 6.92 Å². The maximum Gasteiger partial charge on any atom is 0.317 e. The molecule has 1 heterocycles. The predicted molar refractivity (Wildman–Crippen MR) is 129 cm³/mol. The first-order valence-corrected chi connectivity index (χ1v) is 11.3. The molecule has 3 aromatic rings. The van der Waals surface area contributed by atoms with Crippen LogP contribution in [0.1, 0.15) is 35.6 Å². The number of aryl methyl sites for hydroxylation is 1. The van der Waals surface area contributed by atoms with Crippen LogP contribution in [0.4, 0.5) is 0 Å². The van der Waals surface area contributed by atoms with Gasteiger partial charge in [-0.1, -0.05) is 53.6 Å². The van der Waals surface area contributed by atoms with Crippen LogP contribution in [-0.2, 0) is 16.1 Å². The quantitative estimate of drug-likeness (QED) is 0.435. The Labute approximate surface area is 194 Å². The van der Waals surface area contributed by atoms with E-state index in [0.717, 1.165) is 30.0 Å². The molecule has 0 aromatic heterocycles. The molecule has 4 nitrogen and oxygen atoms in total. The van der Waals surface area contributed by atoms with Crippen molar-refractivity contribution in [2.75, 3.05) is 20.1 Å². The molecule has 0 amide bonds. The highest BCUT2D eigenvalue weighted by molar-refractivity contribution is 6.30. The van der Waals surface area contributed by atoms with Crippen LogP contribution in [0.5, 0.6) is 0 Å². The predicted octanol–water partition coefficient (Wildman–Crippen LogP) is 6.35. The van der Waals surface area contributed by atoms with Gasteiger partial charge in [-0.05, 0) is 91.0 Å². The lowest BCUT2D eigenvalue weighted by Gasteiger charge is -2.18. The monoisotopic (exact) mass is 449 g/mol. The summed E-state index contributed by atoms with van der Waals surface area (Å²) in [6, 6.07) is 21.1. The summed E-state index contributed by atoms with van der Waals surface area (Å²) in [5.41, 5.74) is 8.36. The SMILES string of the molecule is Cc1ccc(-c2cc3c(cc2-c2ccc(Cl)cc2)C(CCCN(C)CC(=O)O)OC3)cc1. The number of fused-ring (bicyclic) bond motifs is 1. The molecule has 5 heteroatoms. The fraction of sp³-hybridized carbons (Fsp3) is 0.296. The number of nitrogens with zero attached hydrogens (tertiary/aromatic N) is 1. The summed E-state index contributed by atoms with van der Waals surface area (Å²) in [5.74, 6) is -0.800. The Morgan fingerprint density at radius 2 is 1.69 bits per heavy atom. The van der Waals surface area contributed by atoms with Crippen LogP contribution in [0.25, 0.3) is 22.3 Å². The number of hydrogen-bond donors (Lipinski definition) is 1. The lowest BCUT2D eigenvalue weighted by atomic mass is 9.88. The van der Waals surface area contributed by atoms with Gasteiger partial charge in [0.25, 0.3) is 0 Å². The smallest absolute Gasteiger partial charge is 0.317 e. The Bertz CT molecular complexity index is 1090. The molecule has 0 saturated heterocycles. The average molecular weight is 450 g/mol. The molecule has 0 radical (unpaired) electrons. The van der Waals surface area contributed by atoms with Crippen molar-refractivity contribution in [3.05, 3.63) is 82.4 Å². The molecule has 32 heavy (non-hydrogen) atoms. The van der Waals surface area contributed by atoms with Crippen LogP contribution in [0.2, 0.25) is 5.02 Å². The molecule has 1 aliphatic rings. The third-order valence-corrected chi connectivity index (χ3v) is 6.25.